The second kappa shape index (κ2) is 5.61. The van der Waals surface area contributed by atoms with Crippen molar-refractivity contribution in [3.8, 4) is 0 Å². The highest BCUT2D eigenvalue weighted by molar-refractivity contribution is 5.94. The lowest BCUT2D eigenvalue weighted by molar-refractivity contribution is 0.0910. The van der Waals surface area contributed by atoms with E-state index < -0.39 is 28.9 Å². The molecule has 1 fully saturated rings. The van der Waals surface area contributed by atoms with Gasteiger partial charge in [0.2, 0.25) is 0 Å². The first-order valence-electron chi connectivity index (χ1n) is 6.15. The van der Waals surface area contributed by atoms with Gasteiger partial charge < -0.3 is 10.6 Å². The molecule has 2 rings (SSSR count). The average Bonchev–Trinajstić information content (AvgIpc) is 2.39. The molecule has 0 unspecified atom stereocenters. The van der Waals surface area contributed by atoms with Gasteiger partial charge in [-0.05, 0) is 31.0 Å². The molecule has 2 N–H and O–H groups in total. The van der Waals surface area contributed by atoms with Gasteiger partial charge in [0.25, 0.3) is 5.91 Å². The third-order valence-corrected chi connectivity index (χ3v) is 3.42. The summed E-state index contributed by atoms with van der Waals surface area (Å²) in [5.74, 6) is -4.85. The van der Waals surface area contributed by atoms with Gasteiger partial charge >= 0.3 is 0 Å². The molecule has 3 nitrogen and oxygen atoms in total. The summed E-state index contributed by atoms with van der Waals surface area (Å²) in [5.41, 5.74) is -0.475. The van der Waals surface area contributed by atoms with Gasteiger partial charge in [0.1, 0.15) is 0 Å². The normalized spacial score (nSPS) is 23.2. The molecule has 1 aliphatic heterocycles. The first-order chi connectivity index (χ1) is 9.00. The van der Waals surface area contributed by atoms with Crippen LogP contribution in [-0.4, -0.2) is 25.0 Å². The summed E-state index contributed by atoms with van der Waals surface area (Å²) in [6, 6.07) is 1.55. The summed E-state index contributed by atoms with van der Waals surface area (Å²) in [4.78, 5) is 11.9. The van der Waals surface area contributed by atoms with Crippen molar-refractivity contribution < 1.29 is 18.0 Å². The van der Waals surface area contributed by atoms with Crippen LogP contribution in [0.3, 0.4) is 0 Å². The number of rotatable bonds is 2. The summed E-state index contributed by atoms with van der Waals surface area (Å²) < 4.78 is 39.3. The minimum absolute atomic E-state index is 0.145. The standard InChI is InChI=1S/C13H15F3N2O/c1-7-4-5-17-6-10(7)18-13(19)8-2-3-9(14)12(16)11(8)15/h2-3,7,10,17H,4-6H2,1H3,(H,18,19)/t7-,10+/m1/s1. The van der Waals surface area contributed by atoms with E-state index in [2.05, 4.69) is 10.6 Å². The predicted octanol–water partition coefficient (Wildman–Crippen LogP) is 1.83. The van der Waals surface area contributed by atoms with Crippen molar-refractivity contribution in [1.82, 2.24) is 10.6 Å². The van der Waals surface area contributed by atoms with E-state index in [9.17, 15) is 18.0 Å². The van der Waals surface area contributed by atoms with E-state index in [-0.39, 0.29) is 12.0 Å². The Labute approximate surface area is 109 Å². The van der Waals surface area contributed by atoms with E-state index in [4.69, 9.17) is 0 Å². The van der Waals surface area contributed by atoms with Gasteiger partial charge in [0, 0.05) is 12.6 Å². The zero-order valence-corrected chi connectivity index (χ0v) is 10.5. The summed E-state index contributed by atoms with van der Waals surface area (Å²) in [6.45, 7) is 3.43. The number of carbonyl (C=O) groups is 1. The Balaban J connectivity index is 2.14. The summed E-state index contributed by atoms with van der Waals surface area (Å²) >= 11 is 0. The van der Waals surface area contributed by atoms with E-state index in [1.165, 1.54) is 0 Å². The van der Waals surface area contributed by atoms with E-state index >= 15 is 0 Å². The van der Waals surface area contributed by atoms with Gasteiger partial charge in [0.05, 0.1) is 5.56 Å². The van der Waals surface area contributed by atoms with Crippen LogP contribution in [0.15, 0.2) is 12.1 Å². The fourth-order valence-corrected chi connectivity index (χ4v) is 2.13. The highest BCUT2D eigenvalue weighted by atomic mass is 19.2. The van der Waals surface area contributed by atoms with E-state index in [1.807, 2.05) is 6.92 Å². The van der Waals surface area contributed by atoms with Gasteiger partial charge in [0.15, 0.2) is 17.5 Å². The van der Waals surface area contributed by atoms with Crippen LogP contribution in [0.1, 0.15) is 23.7 Å². The third-order valence-electron chi connectivity index (χ3n) is 3.42. The molecule has 1 amide bonds. The molecule has 0 saturated carbocycles. The number of piperidine rings is 1. The van der Waals surface area contributed by atoms with Crippen molar-refractivity contribution in [3.63, 3.8) is 0 Å². The molecule has 2 atom stereocenters. The molecule has 0 radical (unpaired) electrons. The number of halogens is 3. The summed E-state index contributed by atoms with van der Waals surface area (Å²) in [6.07, 6.45) is 0.894. The Kier molecular flexibility index (Phi) is 4.09. The van der Waals surface area contributed by atoms with Crippen molar-refractivity contribution in [3.05, 3.63) is 35.1 Å². The zero-order chi connectivity index (χ0) is 14.0. The molecule has 0 spiro atoms. The lowest BCUT2D eigenvalue weighted by atomic mass is 9.94. The van der Waals surface area contributed by atoms with Crippen LogP contribution in [0.5, 0.6) is 0 Å². The molecule has 6 heteroatoms. The first kappa shape index (κ1) is 13.9. The van der Waals surface area contributed by atoms with Crippen LogP contribution in [0, 0.1) is 23.4 Å². The molecule has 0 aliphatic carbocycles. The fraction of sp³-hybridized carbons (Fsp3) is 0.462. The van der Waals surface area contributed by atoms with E-state index in [0.717, 1.165) is 25.1 Å². The predicted molar refractivity (Wildman–Crippen MR) is 64.2 cm³/mol. The molecule has 104 valence electrons. The summed E-state index contributed by atoms with van der Waals surface area (Å²) in [5, 5.41) is 5.76. The quantitative estimate of drug-likeness (QED) is 0.806. The summed E-state index contributed by atoms with van der Waals surface area (Å²) in [7, 11) is 0. The van der Waals surface area contributed by atoms with Crippen molar-refractivity contribution >= 4 is 5.91 Å². The highest BCUT2D eigenvalue weighted by Crippen LogP contribution is 2.17. The monoisotopic (exact) mass is 272 g/mol. The van der Waals surface area contributed by atoms with Gasteiger partial charge in [-0.1, -0.05) is 6.92 Å². The van der Waals surface area contributed by atoms with Crippen molar-refractivity contribution in [1.29, 1.82) is 0 Å². The van der Waals surface area contributed by atoms with Crippen LogP contribution < -0.4 is 10.6 Å². The molecule has 1 heterocycles. The fourth-order valence-electron chi connectivity index (χ4n) is 2.13. The Morgan fingerprint density at radius 3 is 2.74 bits per heavy atom. The first-order valence-corrected chi connectivity index (χ1v) is 6.15. The van der Waals surface area contributed by atoms with Gasteiger partial charge in [-0.2, -0.15) is 0 Å². The topological polar surface area (TPSA) is 41.1 Å². The molecular formula is C13H15F3N2O. The number of hydrogen-bond donors (Lipinski definition) is 2. The van der Waals surface area contributed by atoms with Crippen LogP contribution in [0.2, 0.25) is 0 Å². The molecule has 1 aromatic rings. The maximum absolute atomic E-state index is 13.5. The second-order valence-corrected chi connectivity index (χ2v) is 4.77. The zero-order valence-electron chi connectivity index (χ0n) is 10.5. The SMILES string of the molecule is C[C@@H]1CCNC[C@@H]1NC(=O)c1ccc(F)c(F)c1F. The number of benzene rings is 1. The van der Waals surface area contributed by atoms with Crippen LogP contribution in [0.25, 0.3) is 0 Å². The molecule has 1 saturated heterocycles. The van der Waals surface area contributed by atoms with Crippen LogP contribution in [-0.2, 0) is 0 Å². The smallest absolute Gasteiger partial charge is 0.254 e. The van der Waals surface area contributed by atoms with Crippen LogP contribution >= 0.6 is 0 Å². The number of amides is 1. The number of hydrogen-bond acceptors (Lipinski definition) is 2. The molecular weight excluding hydrogens is 257 g/mol. The van der Waals surface area contributed by atoms with Crippen molar-refractivity contribution in [2.45, 2.75) is 19.4 Å². The minimum atomic E-state index is -1.62. The van der Waals surface area contributed by atoms with Gasteiger partial charge in [-0.15, -0.1) is 0 Å². The minimum Gasteiger partial charge on any atom is -0.348 e. The van der Waals surface area contributed by atoms with Crippen molar-refractivity contribution in [2.75, 3.05) is 13.1 Å². The molecule has 1 aromatic carbocycles. The second-order valence-electron chi connectivity index (χ2n) is 4.77. The molecule has 19 heavy (non-hydrogen) atoms. The lowest BCUT2D eigenvalue weighted by Crippen LogP contribution is -2.50. The maximum atomic E-state index is 13.5. The lowest BCUT2D eigenvalue weighted by Gasteiger charge is -2.30. The van der Waals surface area contributed by atoms with E-state index in [1.54, 1.807) is 0 Å². The average molecular weight is 272 g/mol. The Morgan fingerprint density at radius 1 is 1.32 bits per heavy atom. The third kappa shape index (κ3) is 2.89. The van der Waals surface area contributed by atoms with E-state index in [0.29, 0.717) is 6.54 Å². The van der Waals surface area contributed by atoms with Gasteiger partial charge in [-0.25, -0.2) is 13.2 Å². The number of nitrogens with one attached hydrogen (secondary N) is 2. The Bertz CT molecular complexity index is 493. The molecule has 0 aromatic heterocycles. The highest BCUT2D eigenvalue weighted by Gasteiger charge is 2.25. The Hall–Kier alpha value is -1.56. The largest absolute Gasteiger partial charge is 0.348 e. The Morgan fingerprint density at radius 2 is 2.05 bits per heavy atom. The molecule has 0 bridgehead atoms. The van der Waals surface area contributed by atoms with Crippen LogP contribution in [0.4, 0.5) is 13.2 Å². The number of carbonyl (C=O) groups excluding carboxylic acids is 1. The molecule has 1 aliphatic rings. The van der Waals surface area contributed by atoms with Gasteiger partial charge in [-0.3, -0.25) is 4.79 Å². The van der Waals surface area contributed by atoms with Crippen molar-refractivity contribution in [2.24, 2.45) is 5.92 Å². The maximum Gasteiger partial charge on any atom is 0.254 e.